The highest BCUT2D eigenvalue weighted by atomic mass is 35.5. The summed E-state index contributed by atoms with van der Waals surface area (Å²) in [6.45, 7) is 1.16. The van der Waals surface area contributed by atoms with E-state index in [1.807, 2.05) is 30.3 Å². The van der Waals surface area contributed by atoms with Gasteiger partial charge in [0, 0.05) is 41.7 Å². The van der Waals surface area contributed by atoms with Gasteiger partial charge in [0.25, 0.3) is 0 Å². The molecule has 0 bridgehead atoms. The summed E-state index contributed by atoms with van der Waals surface area (Å²) in [6.07, 6.45) is 0. The van der Waals surface area contributed by atoms with Crippen molar-refractivity contribution in [2.45, 2.75) is 12.5 Å². The number of carbonyl (C=O) groups excluding carboxylic acids is 1. The van der Waals surface area contributed by atoms with Crippen LogP contribution >= 0.6 is 34.8 Å². The average molecular weight is 517 g/mol. The van der Waals surface area contributed by atoms with E-state index in [0.717, 1.165) is 22.3 Å². The lowest BCUT2D eigenvalue weighted by atomic mass is 9.84. The van der Waals surface area contributed by atoms with Crippen molar-refractivity contribution in [3.05, 3.63) is 80.8 Å². The number of hydrogen-bond donors (Lipinski definition) is 3. The van der Waals surface area contributed by atoms with Crippen LogP contribution in [0.5, 0.6) is 0 Å². The number of rotatable bonds is 4. The number of nitrogens with zero attached hydrogens (tertiary/aromatic N) is 1. The number of hydrogen-bond acceptors (Lipinski definition) is 3. The van der Waals surface area contributed by atoms with Crippen molar-refractivity contribution in [3.8, 4) is 11.1 Å². The van der Waals surface area contributed by atoms with Crippen LogP contribution in [0.4, 0.5) is 16.2 Å². The third-order valence-corrected chi connectivity index (χ3v) is 7.33. The molecule has 6 nitrogen and oxygen atoms in total. The minimum atomic E-state index is -0.865. The van der Waals surface area contributed by atoms with Crippen molar-refractivity contribution in [1.82, 2.24) is 10.6 Å². The second-order valence-electron chi connectivity index (χ2n) is 8.32. The van der Waals surface area contributed by atoms with Gasteiger partial charge < -0.3 is 15.7 Å². The summed E-state index contributed by atoms with van der Waals surface area (Å²) in [6, 6.07) is 16.0. The van der Waals surface area contributed by atoms with E-state index in [-0.39, 0.29) is 18.5 Å². The van der Waals surface area contributed by atoms with Crippen LogP contribution in [0.25, 0.3) is 11.1 Å². The highest BCUT2D eigenvalue weighted by Gasteiger charge is 2.37. The summed E-state index contributed by atoms with van der Waals surface area (Å²) in [4.78, 5) is 26.6. The van der Waals surface area contributed by atoms with Crippen molar-refractivity contribution in [2.24, 2.45) is 5.92 Å². The first-order chi connectivity index (χ1) is 16.4. The minimum absolute atomic E-state index is 0.277. The molecule has 3 aromatic carbocycles. The average Bonchev–Trinajstić information content (AvgIpc) is 3.30. The second kappa shape index (κ2) is 9.12. The summed E-state index contributed by atoms with van der Waals surface area (Å²) in [5.74, 6) is -1.74. The number of anilines is 2. The Kier molecular flexibility index (Phi) is 6.16. The molecule has 0 aromatic heterocycles. The lowest BCUT2D eigenvalue weighted by molar-refractivity contribution is -0.141. The van der Waals surface area contributed by atoms with Gasteiger partial charge in [-0.15, -0.1) is 0 Å². The molecule has 2 aliphatic heterocycles. The number of para-hydroxylation sites is 1. The normalized spacial score (nSPS) is 19.6. The molecule has 174 valence electrons. The van der Waals surface area contributed by atoms with E-state index in [1.54, 1.807) is 24.3 Å². The van der Waals surface area contributed by atoms with E-state index >= 15 is 0 Å². The molecule has 34 heavy (non-hydrogen) atoms. The number of nitrogens with one attached hydrogen (secondary N) is 2. The molecule has 1 fully saturated rings. The molecule has 0 spiro atoms. The highest BCUT2D eigenvalue weighted by Crippen LogP contribution is 2.46. The van der Waals surface area contributed by atoms with Crippen molar-refractivity contribution in [1.29, 1.82) is 0 Å². The Morgan fingerprint density at radius 2 is 1.65 bits per heavy atom. The standard InChI is InChI=1S/C25H20Cl3N3O3/c26-19-5-2-1-4-14(19)15-8-13(16-10-29-11-18(16)24(32)33)9-22-17(15)12-30-25(34)31(22)23-20(27)6-3-7-21(23)28/h1-9,16,18,29H,10-12H2,(H,30,34)(H,32,33). The van der Waals surface area contributed by atoms with Crippen molar-refractivity contribution < 1.29 is 14.7 Å². The molecule has 2 heterocycles. The number of halogens is 3. The number of carboxylic acid groups (broad SMARTS) is 1. The van der Waals surface area contributed by atoms with Gasteiger partial charge >= 0.3 is 12.0 Å². The molecule has 2 aliphatic rings. The molecule has 0 radical (unpaired) electrons. The zero-order chi connectivity index (χ0) is 24.0. The van der Waals surface area contributed by atoms with Crippen molar-refractivity contribution >= 4 is 58.2 Å². The van der Waals surface area contributed by atoms with Crippen LogP contribution in [-0.2, 0) is 11.3 Å². The van der Waals surface area contributed by atoms with Crippen LogP contribution < -0.4 is 15.5 Å². The van der Waals surface area contributed by atoms with Gasteiger partial charge in [0.15, 0.2) is 0 Å². The van der Waals surface area contributed by atoms with E-state index in [1.165, 1.54) is 4.90 Å². The molecule has 1 saturated heterocycles. The summed E-state index contributed by atoms with van der Waals surface area (Å²) >= 11 is 19.6. The first kappa shape index (κ1) is 23.0. The van der Waals surface area contributed by atoms with E-state index < -0.39 is 11.9 Å². The van der Waals surface area contributed by atoms with Gasteiger partial charge in [-0.25, -0.2) is 4.79 Å². The Balaban J connectivity index is 1.79. The van der Waals surface area contributed by atoms with Crippen LogP contribution in [0.1, 0.15) is 17.0 Å². The third-order valence-electron chi connectivity index (χ3n) is 6.39. The van der Waals surface area contributed by atoms with Gasteiger partial charge in [0.05, 0.1) is 27.3 Å². The number of fused-ring (bicyclic) bond motifs is 1. The van der Waals surface area contributed by atoms with Gasteiger partial charge in [0.2, 0.25) is 0 Å². The fourth-order valence-corrected chi connectivity index (χ4v) is 5.57. The number of urea groups is 1. The number of aliphatic carboxylic acids is 1. The molecule has 0 saturated carbocycles. The lowest BCUT2D eigenvalue weighted by Crippen LogP contribution is -2.42. The Morgan fingerprint density at radius 1 is 0.941 bits per heavy atom. The zero-order valence-electron chi connectivity index (χ0n) is 17.8. The van der Waals surface area contributed by atoms with Gasteiger partial charge in [0.1, 0.15) is 0 Å². The van der Waals surface area contributed by atoms with Crippen LogP contribution in [0.15, 0.2) is 54.6 Å². The Bertz CT molecular complexity index is 1290. The number of amides is 2. The van der Waals surface area contributed by atoms with Crippen LogP contribution in [-0.4, -0.2) is 30.2 Å². The maximum Gasteiger partial charge on any atom is 0.326 e. The summed E-state index contributed by atoms with van der Waals surface area (Å²) in [5, 5.41) is 17.1. The van der Waals surface area contributed by atoms with Crippen molar-refractivity contribution in [2.75, 3.05) is 18.0 Å². The zero-order valence-corrected chi connectivity index (χ0v) is 20.1. The summed E-state index contributed by atoms with van der Waals surface area (Å²) in [5.41, 5.74) is 4.22. The molecule has 2 amide bonds. The third kappa shape index (κ3) is 3.91. The molecule has 5 rings (SSSR count). The summed E-state index contributed by atoms with van der Waals surface area (Å²) in [7, 11) is 0. The Labute approximate surface area is 211 Å². The topological polar surface area (TPSA) is 81.7 Å². The van der Waals surface area contributed by atoms with Gasteiger partial charge in [-0.1, -0.05) is 65.1 Å². The molecule has 0 aliphatic carbocycles. The molecular formula is C25H20Cl3N3O3. The predicted molar refractivity (Wildman–Crippen MR) is 134 cm³/mol. The molecule has 9 heteroatoms. The SMILES string of the molecule is O=C(O)C1CNCC1c1cc(-c2ccccc2Cl)c2c(c1)N(c1c(Cl)cccc1Cl)C(=O)NC2. The van der Waals surface area contributed by atoms with Crippen LogP contribution in [0.3, 0.4) is 0 Å². The minimum Gasteiger partial charge on any atom is -0.481 e. The first-order valence-electron chi connectivity index (χ1n) is 10.7. The first-order valence-corrected chi connectivity index (χ1v) is 11.9. The van der Waals surface area contributed by atoms with Gasteiger partial charge in [-0.05, 0) is 35.4 Å². The monoisotopic (exact) mass is 515 g/mol. The van der Waals surface area contributed by atoms with E-state index in [4.69, 9.17) is 34.8 Å². The smallest absolute Gasteiger partial charge is 0.326 e. The van der Waals surface area contributed by atoms with Crippen LogP contribution in [0, 0.1) is 5.92 Å². The Hall–Kier alpha value is -2.77. The van der Waals surface area contributed by atoms with E-state index in [9.17, 15) is 14.7 Å². The summed E-state index contributed by atoms with van der Waals surface area (Å²) < 4.78 is 0. The maximum absolute atomic E-state index is 13.1. The molecule has 2 unspecified atom stereocenters. The largest absolute Gasteiger partial charge is 0.481 e. The van der Waals surface area contributed by atoms with E-state index in [0.29, 0.717) is 39.5 Å². The highest BCUT2D eigenvalue weighted by molar-refractivity contribution is 6.40. The molecule has 2 atom stereocenters. The molecule has 3 aromatic rings. The fourth-order valence-electron chi connectivity index (χ4n) is 4.76. The maximum atomic E-state index is 13.1. The quantitative estimate of drug-likeness (QED) is 0.393. The number of carboxylic acids is 1. The van der Waals surface area contributed by atoms with Crippen LogP contribution in [0.2, 0.25) is 15.1 Å². The Morgan fingerprint density at radius 3 is 2.35 bits per heavy atom. The molecule has 3 N–H and O–H groups in total. The fraction of sp³-hybridized carbons (Fsp3) is 0.200. The van der Waals surface area contributed by atoms with Gasteiger partial charge in [-0.2, -0.15) is 0 Å². The number of benzene rings is 3. The van der Waals surface area contributed by atoms with Gasteiger partial charge in [-0.3, -0.25) is 9.69 Å². The van der Waals surface area contributed by atoms with E-state index in [2.05, 4.69) is 10.6 Å². The van der Waals surface area contributed by atoms with Crippen molar-refractivity contribution in [3.63, 3.8) is 0 Å². The predicted octanol–water partition coefficient (Wildman–Crippen LogP) is 6.06. The number of carbonyl (C=O) groups is 2. The second-order valence-corrected chi connectivity index (χ2v) is 9.54. The molecular weight excluding hydrogens is 497 g/mol. The lowest BCUT2D eigenvalue weighted by Gasteiger charge is -2.34.